The number of aliphatic hydroxyl groups is 1. The van der Waals surface area contributed by atoms with Crippen molar-refractivity contribution in [3.63, 3.8) is 0 Å². The first-order chi connectivity index (χ1) is 9.11. The van der Waals surface area contributed by atoms with Crippen LogP contribution in [0.2, 0.25) is 0 Å². The second kappa shape index (κ2) is 6.53. The Bertz CT molecular complexity index is 394. The summed E-state index contributed by atoms with van der Waals surface area (Å²) < 4.78 is 0. The fourth-order valence-electron chi connectivity index (χ4n) is 3.09. The van der Waals surface area contributed by atoms with Crippen molar-refractivity contribution in [2.45, 2.75) is 38.5 Å². The van der Waals surface area contributed by atoms with Crippen LogP contribution in [0.4, 0.5) is 0 Å². The Morgan fingerprint density at radius 1 is 1.26 bits per heavy atom. The van der Waals surface area contributed by atoms with Crippen molar-refractivity contribution in [1.29, 1.82) is 0 Å². The standard InChI is InChI=1S/C17H27NO/c1-13(2)17(12-19)16-6-4-5-15(11-16)14-7-9-18(3)10-8-14/h4-6,11,13-14,17,19H,7-10,12H2,1-3H3. The number of rotatable bonds is 4. The van der Waals surface area contributed by atoms with Crippen LogP contribution in [-0.4, -0.2) is 36.8 Å². The largest absolute Gasteiger partial charge is 0.396 e. The molecule has 1 N–H and O–H groups in total. The van der Waals surface area contributed by atoms with Gasteiger partial charge in [-0.3, -0.25) is 0 Å². The molecule has 1 aromatic rings. The molecule has 0 spiro atoms. The highest BCUT2D eigenvalue weighted by Gasteiger charge is 2.20. The molecule has 1 aliphatic rings. The van der Waals surface area contributed by atoms with Gasteiger partial charge in [0.1, 0.15) is 0 Å². The molecule has 1 unspecified atom stereocenters. The highest BCUT2D eigenvalue weighted by molar-refractivity contribution is 5.29. The van der Waals surface area contributed by atoms with Crippen LogP contribution in [0.15, 0.2) is 24.3 Å². The molecule has 0 amide bonds. The van der Waals surface area contributed by atoms with E-state index in [2.05, 4.69) is 50.1 Å². The summed E-state index contributed by atoms with van der Waals surface area (Å²) in [6.45, 7) is 7.01. The van der Waals surface area contributed by atoms with E-state index in [0.29, 0.717) is 11.8 Å². The van der Waals surface area contributed by atoms with Crippen molar-refractivity contribution >= 4 is 0 Å². The molecule has 2 heteroatoms. The molecule has 1 heterocycles. The van der Waals surface area contributed by atoms with Gasteiger partial charge in [0.15, 0.2) is 0 Å². The molecule has 19 heavy (non-hydrogen) atoms. The molecule has 0 aliphatic carbocycles. The zero-order valence-electron chi connectivity index (χ0n) is 12.5. The van der Waals surface area contributed by atoms with Crippen LogP contribution in [-0.2, 0) is 0 Å². The van der Waals surface area contributed by atoms with Crippen molar-refractivity contribution in [2.75, 3.05) is 26.7 Å². The molecule has 106 valence electrons. The molecule has 0 radical (unpaired) electrons. The lowest BCUT2D eigenvalue weighted by atomic mass is 9.84. The van der Waals surface area contributed by atoms with Gasteiger partial charge in [-0.15, -0.1) is 0 Å². The molecule has 2 rings (SSSR count). The molecule has 1 fully saturated rings. The predicted octanol–water partition coefficient (Wildman–Crippen LogP) is 3.23. The van der Waals surface area contributed by atoms with Gasteiger partial charge in [0.25, 0.3) is 0 Å². The van der Waals surface area contributed by atoms with E-state index in [4.69, 9.17) is 0 Å². The Morgan fingerprint density at radius 2 is 1.95 bits per heavy atom. The van der Waals surface area contributed by atoms with Gasteiger partial charge in [-0.05, 0) is 55.9 Å². The molecule has 0 bridgehead atoms. The topological polar surface area (TPSA) is 23.5 Å². The first kappa shape index (κ1) is 14.5. The average Bonchev–Trinajstić information content (AvgIpc) is 2.40. The lowest BCUT2D eigenvalue weighted by Gasteiger charge is -2.30. The van der Waals surface area contributed by atoms with Gasteiger partial charge >= 0.3 is 0 Å². The third-order valence-electron chi connectivity index (χ3n) is 4.53. The quantitative estimate of drug-likeness (QED) is 0.899. The highest BCUT2D eigenvalue weighted by Crippen LogP contribution is 2.31. The number of benzene rings is 1. The Hall–Kier alpha value is -0.860. The summed E-state index contributed by atoms with van der Waals surface area (Å²) in [5, 5.41) is 9.58. The maximum absolute atomic E-state index is 9.58. The van der Waals surface area contributed by atoms with Crippen LogP contribution in [0.5, 0.6) is 0 Å². The SMILES string of the molecule is CC(C)C(CO)c1cccc(C2CCN(C)CC2)c1. The first-order valence-electron chi connectivity index (χ1n) is 7.51. The van der Waals surface area contributed by atoms with Gasteiger partial charge < -0.3 is 10.0 Å². The normalized spacial score (nSPS) is 19.8. The molecule has 1 atom stereocenters. The minimum atomic E-state index is 0.245. The third-order valence-corrected chi connectivity index (χ3v) is 4.53. The van der Waals surface area contributed by atoms with Gasteiger partial charge in [-0.1, -0.05) is 38.1 Å². The summed E-state index contributed by atoms with van der Waals surface area (Å²) >= 11 is 0. The van der Waals surface area contributed by atoms with Gasteiger partial charge in [0.2, 0.25) is 0 Å². The minimum absolute atomic E-state index is 0.245. The Balaban J connectivity index is 2.14. The summed E-state index contributed by atoms with van der Waals surface area (Å²) in [7, 11) is 2.20. The molecule has 0 saturated carbocycles. The van der Waals surface area contributed by atoms with E-state index in [1.165, 1.54) is 37.1 Å². The van der Waals surface area contributed by atoms with E-state index in [-0.39, 0.29) is 12.5 Å². The maximum atomic E-state index is 9.58. The number of nitrogens with zero attached hydrogens (tertiary/aromatic N) is 1. The summed E-state index contributed by atoms with van der Waals surface area (Å²) in [5.74, 6) is 1.45. The Labute approximate surface area is 117 Å². The van der Waals surface area contributed by atoms with Crippen LogP contribution >= 0.6 is 0 Å². The van der Waals surface area contributed by atoms with Crippen LogP contribution in [0.3, 0.4) is 0 Å². The summed E-state index contributed by atoms with van der Waals surface area (Å²) in [5.41, 5.74) is 2.76. The van der Waals surface area contributed by atoms with E-state index in [1.807, 2.05) is 0 Å². The van der Waals surface area contributed by atoms with Crippen molar-refractivity contribution in [1.82, 2.24) is 4.90 Å². The van der Waals surface area contributed by atoms with Crippen LogP contribution in [0.25, 0.3) is 0 Å². The zero-order chi connectivity index (χ0) is 13.8. The molecule has 1 aromatic carbocycles. The number of piperidine rings is 1. The van der Waals surface area contributed by atoms with Crippen LogP contribution in [0, 0.1) is 5.92 Å². The lowest BCUT2D eigenvalue weighted by molar-refractivity contribution is 0.237. The predicted molar refractivity (Wildman–Crippen MR) is 80.6 cm³/mol. The number of hydrogen-bond donors (Lipinski definition) is 1. The number of likely N-dealkylation sites (tertiary alicyclic amines) is 1. The lowest BCUT2D eigenvalue weighted by Crippen LogP contribution is -2.29. The summed E-state index contributed by atoms with van der Waals surface area (Å²) in [6, 6.07) is 8.92. The van der Waals surface area contributed by atoms with Crippen LogP contribution < -0.4 is 0 Å². The van der Waals surface area contributed by atoms with Crippen molar-refractivity contribution in [3.8, 4) is 0 Å². The Kier molecular flexibility index (Phi) is 5.00. The van der Waals surface area contributed by atoms with Gasteiger partial charge in [0.05, 0.1) is 6.61 Å². The fourth-order valence-corrected chi connectivity index (χ4v) is 3.09. The van der Waals surface area contributed by atoms with E-state index < -0.39 is 0 Å². The van der Waals surface area contributed by atoms with Gasteiger partial charge in [0, 0.05) is 5.92 Å². The maximum Gasteiger partial charge on any atom is 0.0502 e. The van der Waals surface area contributed by atoms with Crippen molar-refractivity contribution in [3.05, 3.63) is 35.4 Å². The van der Waals surface area contributed by atoms with E-state index in [9.17, 15) is 5.11 Å². The monoisotopic (exact) mass is 261 g/mol. The van der Waals surface area contributed by atoms with E-state index in [0.717, 1.165) is 0 Å². The van der Waals surface area contributed by atoms with Gasteiger partial charge in [-0.2, -0.15) is 0 Å². The zero-order valence-corrected chi connectivity index (χ0v) is 12.5. The molecular weight excluding hydrogens is 234 g/mol. The molecule has 2 nitrogen and oxygen atoms in total. The van der Waals surface area contributed by atoms with Crippen molar-refractivity contribution < 1.29 is 5.11 Å². The Morgan fingerprint density at radius 3 is 2.53 bits per heavy atom. The second-order valence-electron chi connectivity index (χ2n) is 6.28. The first-order valence-corrected chi connectivity index (χ1v) is 7.51. The minimum Gasteiger partial charge on any atom is -0.396 e. The van der Waals surface area contributed by atoms with E-state index >= 15 is 0 Å². The molecule has 0 aromatic heterocycles. The summed E-state index contributed by atoms with van der Waals surface area (Å²) in [6.07, 6.45) is 2.51. The number of aliphatic hydroxyl groups excluding tert-OH is 1. The van der Waals surface area contributed by atoms with Crippen LogP contribution in [0.1, 0.15) is 49.7 Å². The number of hydrogen-bond acceptors (Lipinski definition) is 2. The third kappa shape index (κ3) is 3.58. The molecular formula is C17H27NO. The van der Waals surface area contributed by atoms with Crippen molar-refractivity contribution in [2.24, 2.45) is 5.92 Å². The van der Waals surface area contributed by atoms with Gasteiger partial charge in [-0.25, -0.2) is 0 Å². The average molecular weight is 261 g/mol. The second-order valence-corrected chi connectivity index (χ2v) is 6.28. The highest BCUT2D eigenvalue weighted by atomic mass is 16.3. The molecule has 1 aliphatic heterocycles. The molecule has 1 saturated heterocycles. The van der Waals surface area contributed by atoms with E-state index in [1.54, 1.807) is 0 Å². The summed E-state index contributed by atoms with van der Waals surface area (Å²) in [4.78, 5) is 2.41. The smallest absolute Gasteiger partial charge is 0.0502 e. The fraction of sp³-hybridized carbons (Fsp3) is 0.647.